The Morgan fingerprint density at radius 2 is 2.43 bits per heavy atom. The molecule has 0 unspecified atom stereocenters. The monoisotopic (exact) mass is 201 g/mol. The zero-order valence-corrected chi connectivity index (χ0v) is 8.74. The minimum Gasteiger partial charge on any atom is -0.469 e. The first-order valence-electron chi connectivity index (χ1n) is 5.19. The molecule has 1 fully saturated rings. The van der Waals surface area contributed by atoms with E-state index in [0.717, 1.165) is 32.4 Å². The number of aliphatic hydroxyl groups excluding tert-OH is 1. The Bertz CT molecular complexity index is 184. The molecule has 0 radical (unpaired) electrons. The van der Waals surface area contributed by atoms with Gasteiger partial charge in [0.25, 0.3) is 0 Å². The van der Waals surface area contributed by atoms with Gasteiger partial charge in [0.15, 0.2) is 0 Å². The minimum absolute atomic E-state index is 0.148. The van der Waals surface area contributed by atoms with E-state index in [-0.39, 0.29) is 12.6 Å². The fraction of sp³-hybridized carbons (Fsp3) is 0.900. The molecule has 1 aliphatic rings. The highest BCUT2D eigenvalue weighted by molar-refractivity contribution is 5.69. The number of esters is 1. The Morgan fingerprint density at radius 3 is 3.07 bits per heavy atom. The van der Waals surface area contributed by atoms with Crippen molar-refractivity contribution >= 4 is 5.97 Å². The fourth-order valence-electron chi connectivity index (χ4n) is 1.92. The van der Waals surface area contributed by atoms with Crippen LogP contribution in [0.5, 0.6) is 0 Å². The van der Waals surface area contributed by atoms with Crippen LogP contribution in [-0.4, -0.2) is 48.8 Å². The molecule has 1 N–H and O–H groups in total. The fourth-order valence-corrected chi connectivity index (χ4v) is 1.92. The van der Waals surface area contributed by atoms with Crippen LogP contribution in [0, 0.1) is 0 Å². The van der Waals surface area contributed by atoms with Gasteiger partial charge in [0.05, 0.1) is 13.7 Å². The summed E-state index contributed by atoms with van der Waals surface area (Å²) in [5, 5.41) is 9.06. The molecule has 4 nitrogen and oxygen atoms in total. The first-order valence-corrected chi connectivity index (χ1v) is 5.19. The van der Waals surface area contributed by atoms with Gasteiger partial charge in [-0.15, -0.1) is 0 Å². The third kappa shape index (κ3) is 3.27. The van der Waals surface area contributed by atoms with Gasteiger partial charge < -0.3 is 9.84 Å². The lowest BCUT2D eigenvalue weighted by Gasteiger charge is -2.21. The number of hydrogen-bond acceptors (Lipinski definition) is 4. The van der Waals surface area contributed by atoms with Crippen LogP contribution in [-0.2, 0) is 9.53 Å². The van der Waals surface area contributed by atoms with Gasteiger partial charge in [0, 0.05) is 12.5 Å². The quantitative estimate of drug-likeness (QED) is 0.654. The van der Waals surface area contributed by atoms with Crippen LogP contribution < -0.4 is 0 Å². The van der Waals surface area contributed by atoms with Crippen LogP contribution in [0.4, 0.5) is 0 Å². The maximum absolute atomic E-state index is 10.8. The molecular weight excluding hydrogens is 182 g/mol. The molecular formula is C10H19NO3. The Hall–Kier alpha value is -0.610. The smallest absolute Gasteiger partial charge is 0.305 e. The van der Waals surface area contributed by atoms with E-state index >= 15 is 0 Å². The summed E-state index contributed by atoms with van der Waals surface area (Å²) in [5.74, 6) is -0.148. The molecule has 0 aromatic rings. The average molecular weight is 201 g/mol. The number of carbonyl (C=O) groups is 1. The van der Waals surface area contributed by atoms with Gasteiger partial charge in [-0.3, -0.25) is 9.69 Å². The number of methoxy groups -OCH3 is 1. The van der Waals surface area contributed by atoms with Crippen molar-refractivity contribution in [2.24, 2.45) is 0 Å². The van der Waals surface area contributed by atoms with Crippen LogP contribution in [0.1, 0.15) is 25.7 Å². The molecule has 1 aliphatic heterocycles. The lowest BCUT2D eigenvalue weighted by molar-refractivity contribution is -0.140. The van der Waals surface area contributed by atoms with E-state index in [4.69, 9.17) is 5.11 Å². The third-order valence-corrected chi connectivity index (χ3v) is 2.76. The van der Waals surface area contributed by atoms with Gasteiger partial charge in [0.2, 0.25) is 0 Å². The highest BCUT2D eigenvalue weighted by Gasteiger charge is 2.22. The summed E-state index contributed by atoms with van der Waals surface area (Å²) in [5.41, 5.74) is 0. The standard InChI is InChI=1S/C10H19NO3/c1-14-10(13)5-3-7-11-6-2-4-9(11)8-12/h9,12H,2-8H2,1H3/t9-/m1/s1. The summed E-state index contributed by atoms with van der Waals surface area (Å²) in [4.78, 5) is 13.1. The molecule has 4 heteroatoms. The summed E-state index contributed by atoms with van der Waals surface area (Å²) in [7, 11) is 1.41. The SMILES string of the molecule is COC(=O)CCCN1CCC[C@@H]1CO. The van der Waals surface area contributed by atoms with Crippen LogP contribution in [0.2, 0.25) is 0 Å². The first-order chi connectivity index (χ1) is 6.77. The van der Waals surface area contributed by atoms with E-state index < -0.39 is 0 Å². The second kappa shape index (κ2) is 5.98. The summed E-state index contributed by atoms with van der Waals surface area (Å²) in [6, 6.07) is 0.313. The van der Waals surface area contributed by atoms with Crippen molar-refractivity contribution in [2.45, 2.75) is 31.7 Å². The van der Waals surface area contributed by atoms with Crippen molar-refractivity contribution in [3.05, 3.63) is 0 Å². The van der Waals surface area contributed by atoms with E-state index in [9.17, 15) is 4.79 Å². The van der Waals surface area contributed by atoms with Crippen molar-refractivity contribution in [2.75, 3.05) is 26.8 Å². The maximum atomic E-state index is 10.8. The average Bonchev–Trinajstić information content (AvgIpc) is 2.65. The number of hydrogen-bond donors (Lipinski definition) is 1. The van der Waals surface area contributed by atoms with Gasteiger partial charge in [-0.1, -0.05) is 0 Å². The number of nitrogens with zero attached hydrogens (tertiary/aromatic N) is 1. The lowest BCUT2D eigenvalue weighted by Crippen LogP contribution is -2.33. The predicted molar refractivity (Wildman–Crippen MR) is 52.9 cm³/mol. The van der Waals surface area contributed by atoms with Gasteiger partial charge in [-0.25, -0.2) is 0 Å². The molecule has 0 aliphatic carbocycles. The van der Waals surface area contributed by atoms with Crippen LogP contribution in [0.25, 0.3) is 0 Å². The molecule has 0 aromatic heterocycles. The third-order valence-electron chi connectivity index (χ3n) is 2.76. The number of likely N-dealkylation sites (tertiary alicyclic amines) is 1. The Kier molecular flexibility index (Phi) is 4.90. The van der Waals surface area contributed by atoms with Crippen molar-refractivity contribution in [1.29, 1.82) is 0 Å². The van der Waals surface area contributed by atoms with Gasteiger partial charge in [-0.2, -0.15) is 0 Å². The highest BCUT2D eigenvalue weighted by Crippen LogP contribution is 2.16. The molecule has 14 heavy (non-hydrogen) atoms. The van der Waals surface area contributed by atoms with Crippen LogP contribution >= 0.6 is 0 Å². The van der Waals surface area contributed by atoms with E-state index in [1.54, 1.807) is 0 Å². The normalized spacial score (nSPS) is 22.6. The number of rotatable bonds is 5. The second-order valence-corrected chi connectivity index (χ2v) is 3.69. The van der Waals surface area contributed by atoms with Crippen LogP contribution in [0.15, 0.2) is 0 Å². The Balaban J connectivity index is 2.14. The zero-order valence-electron chi connectivity index (χ0n) is 8.74. The predicted octanol–water partition coefficient (Wildman–Crippen LogP) is 0.396. The molecule has 82 valence electrons. The highest BCUT2D eigenvalue weighted by atomic mass is 16.5. The molecule has 1 saturated heterocycles. The molecule has 1 rings (SSSR count). The molecule has 0 aromatic carbocycles. The Labute approximate surface area is 84.8 Å². The largest absolute Gasteiger partial charge is 0.469 e. The molecule has 0 bridgehead atoms. The number of carbonyl (C=O) groups excluding carboxylic acids is 1. The van der Waals surface area contributed by atoms with E-state index in [0.29, 0.717) is 12.5 Å². The molecule has 0 saturated carbocycles. The topological polar surface area (TPSA) is 49.8 Å². The van der Waals surface area contributed by atoms with Crippen molar-refractivity contribution in [1.82, 2.24) is 4.90 Å². The zero-order chi connectivity index (χ0) is 10.4. The summed E-state index contributed by atoms with van der Waals surface area (Å²) in [6.07, 6.45) is 3.53. The number of ether oxygens (including phenoxy) is 1. The molecule has 1 heterocycles. The van der Waals surface area contributed by atoms with Gasteiger partial charge in [0.1, 0.15) is 0 Å². The number of aliphatic hydroxyl groups is 1. The summed E-state index contributed by atoms with van der Waals surface area (Å²) >= 11 is 0. The van der Waals surface area contributed by atoms with E-state index in [1.807, 2.05) is 0 Å². The minimum atomic E-state index is -0.148. The molecule has 0 amide bonds. The Morgan fingerprint density at radius 1 is 1.64 bits per heavy atom. The first kappa shape index (κ1) is 11.5. The van der Waals surface area contributed by atoms with Crippen molar-refractivity contribution < 1.29 is 14.6 Å². The van der Waals surface area contributed by atoms with Gasteiger partial charge in [-0.05, 0) is 32.4 Å². The van der Waals surface area contributed by atoms with Gasteiger partial charge >= 0.3 is 5.97 Å². The van der Waals surface area contributed by atoms with E-state index in [1.165, 1.54) is 7.11 Å². The second-order valence-electron chi connectivity index (χ2n) is 3.69. The van der Waals surface area contributed by atoms with Crippen LogP contribution in [0.3, 0.4) is 0 Å². The van der Waals surface area contributed by atoms with E-state index in [2.05, 4.69) is 9.64 Å². The van der Waals surface area contributed by atoms with Crippen molar-refractivity contribution in [3.8, 4) is 0 Å². The van der Waals surface area contributed by atoms with Crippen molar-refractivity contribution in [3.63, 3.8) is 0 Å². The molecule has 1 atom stereocenters. The summed E-state index contributed by atoms with van der Waals surface area (Å²) < 4.78 is 4.56. The maximum Gasteiger partial charge on any atom is 0.305 e. The molecule has 0 spiro atoms. The lowest BCUT2D eigenvalue weighted by atomic mass is 10.2. The summed E-state index contributed by atoms with van der Waals surface area (Å²) in [6.45, 7) is 2.17.